The van der Waals surface area contributed by atoms with Crippen molar-refractivity contribution in [3.8, 4) is 5.69 Å². The normalized spacial score (nSPS) is 13.2. The van der Waals surface area contributed by atoms with E-state index in [2.05, 4.69) is 10.4 Å². The molecular formula is C18H23N3O3. The van der Waals surface area contributed by atoms with Gasteiger partial charge in [-0.25, -0.2) is 9.48 Å². The second-order valence-electron chi connectivity index (χ2n) is 5.92. The number of hydrogen-bond acceptors (Lipinski definition) is 4. The van der Waals surface area contributed by atoms with Gasteiger partial charge in [0, 0.05) is 0 Å². The number of methoxy groups -OCH3 is 1. The van der Waals surface area contributed by atoms with Gasteiger partial charge in [-0.3, -0.25) is 4.79 Å². The molecule has 0 bridgehead atoms. The van der Waals surface area contributed by atoms with Crippen molar-refractivity contribution >= 4 is 11.9 Å². The highest BCUT2D eigenvalue weighted by molar-refractivity contribution is 5.98. The highest BCUT2D eigenvalue weighted by atomic mass is 16.5. The van der Waals surface area contributed by atoms with E-state index in [4.69, 9.17) is 4.74 Å². The van der Waals surface area contributed by atoms with E-state index in [0.29, 0.717) is 17.7 Å². The first-order valence-electron chi connectivity index (χ1n) is 7.94. The molecule has 0 saturated carbocycles. The summed E-state index contributed by atoms with van der Waals surface area (Å²) >= 11 is 0. The Morgan fingerprint density at radius 2 is 1.96 bits per heavy atom. The van der Waals surface area contributed by atoms with Crippen LogP contribution in [0.4, 0.5) is 0 Å². The zero-order chi connectivity index (χ0) is 17.7. The fourth-order valence-corrected chi connectivity index (χ4v) is 2.72. The Kier molecular flexibility index (Phi) is 5.39. The lowest BCUT2D eigenvalue weighted by atomic mass is 9.95. The van der Waals surface area contributed by atoms with E-state index in [9.17, 15) is 9.59 Å². The zero-order valence-electron chi connectivity index (χ0n) is 14.5. The van der Waals surface area contributed by atoms with E-state index in [1.807, 2.05) is 44.2 Å². The summed E-state index contributed by atoms with van der Waals surface area (Å²) < 4.78 is 6.53. The first-order chi connectivity index (χ1) is 11.4. The number of nitrogens with one attached hydrogen (secondary N) is 1. The summed E-state index contributed by atoms with van der Waals surface area (Å²) in [5.74, 6) is -0.790. The number of esters is 1. The van der Waals surface area contributed by atoms with Crippen molar-refractivity contribution in [3.63, 3.8) is 0 Å². The Morgan fingerprint density at radius 1 is 1.29 bits per heavy atom. The number of aromatic nitrogens is 2. The molecule has 0 aliphatic carbocycles. The minimum atomic E-state index is -1.05. The maximum absolute atomic E-state index is 12.6. The van der Waals surface area contributed by atoms with Crippen molar-refractivity contribution in [1.82, 2.24) is 15.1 Å². The van der Waals surface area contributed by atoms with Crippen LogP contribution in [0.25, 0.3) is 5.69 Å². The molecule has 0 fully saturated rings. The summed E-state index contributed by atoms with van der Waals surface area (Å²) in [6, 6.07) is 9.56. The van der Waals surface area contributed by atoms with Crippen LogP contribution < -0.4 is 5.32 Å². The van der Waals surface area contributed by atoms with Gasteiger partial charge in [-0.15, -0.1) is 0 Å². The van der Waals surface area contributed by atoms with Crippen LogP contribution >= 0.6 is 0 Å². The molecule has 6 heteroatoms. The SMILES string of the molecule is CCCC(C)(NC(=O)c1cnn(-c2ccccc2)c1C)C(=O)OC. The van der Waals surface area contributed by atoms with Crippen LogP contribution in [-0.4, -0.2) is 34.3 Å². The zero-order valence-corrected chi connectivity index (χ0v) is 14.5. The molecule has 0 aliphatic heterocycles. The quantitative estimate of drug-likeness (QED) is 0.827. The van der Waals surface area contributed by atoms with E-state index >= 15 is 0 Å². The van der Waals surface area contributed by atoms with Crippen LogP contribution in [0.3, 0.4) is 0 Å². The van der Waals surface area contributed by atoms with Crippen molar-refractivity contribution in [2.24, 2.45) is 0 Å². The van der Waals surface area contributed by atoms with Gasteiger partial charge < -0.3 is 10.1 Å². The third-order valence-corrected chi connectivity index (χ3v) is 4.03. The molecule has 0 spiro atoms. The summed E-state index contributed by atoms with van der Waals surface area (Å²) in [5, 5.41) is 7.09. The van der Waals surface area contributed by atoms with Crippen LogP contribution in [0.2, 0.25) is 0 Å². The van der Waals surface area contributed by atoms with Crippen LogP contribution in [0.1, 0.15) is 42.7 Å². The standard InChI is InChI=1S/C18H23N3O3/c1-5-11-18(3,17(23)24-4)20-16(22)15-12-19-21(13(15)2)14-9-7-6-8-10-14/h6-10,12H,5,11H2,1-4H3,(H,20,22). The topological polar surface area (TPSA) is 73.2 Å². The lowest BCUT2D eigenvalue weighted by molar-refractivity contribution is -0.147. The number of hydrogen-bond donors (Lipinski definition) is 1. The molecule has 2 aromatic rings. The van der Waals surface area contributed by atoms with Gasteiger partial charge >= 0.3 is 5.97 Å². The molecule has 24 heavy (non-hydrogen) atoms. The van der Waals surface area contributed by atoms with Gasteiger partial charge in [0.1, 0.15) is 5.54 Å². The third-order valence-electron chi connectivity index (χ3n) is 4.03. The third kappa shape index (κ3) is 3.48. The molecule has 2 rings (SSSR count). The highest BCUT2D eigenvalue weighted by Gasteiger charge is 2.36. The monoisotopic (exact) mass is 329 g/mol. The number of benzene rings is 1. The van der Waals surface area contributed by atoms with Crippen molar-refractivity contribution in [1.29, 1.82) is 0 Å². The Balaban J connectivity index is 2.27. The largest absolute Gasteiger partial charge is 0.467 e. The number of para-hydroxylation sites is 1. The summed E-state index contributed by atoms with van der Waals surface area (Å²) in [6.45, 7) is 5.45. The van der Waals surface area contributed by atoms with Gasteiger partial charge in [-0.1, -0.05) is 31.5 Å². The summed E-state index contributed by atoms with van der Waals surface area (Å²) in [7, 11) is 1.32. The predicted molar refractivity (Wildman–Crippen MR) is 91.1 cm³/mol. The molecule has 128 valence electrons. The molecule has 0 saturated heterocycles. The van der Waals surface area contributed by atoms with Crippen molar-refractivity contribution in [3.05, 3.63) is 47.8 Å². The molecule has 0 radical (unpaired) electrons. The van der Waals surface area contributed by atoms with E-state index in [1.54, 1.807) is 11.6 Å². The van der Waals surface area contributed by atoms with Gasteiger partial charge in [0.2, 0.25) is 0 Å². The van der Waals surface area contributed by atoms with Gasteiger partial charge in [0.15, 0.2) is 0 Å². The fraction of sp³-hybridized carbons (Fsp3) is 0.389. The van der Waals surface area contributed by atoms with Crippen LogP contribution in [0, 0.1) is 6.92 Å². The number of rotatable bonds is 6. The maximum Gasteiger partial charge on any atom is 0.331 e. The minimum Gasteiger partial charge on any atom is -0.467 e. The second-order valence-corrected chi connectivity index (χ2v) is 5.92. The predicted octanol–water partition coefficient (Wildman–Crippen LogP) is 2.64. The van der Waals surface area contributed by atoms with Crippen LogP contribution in [0.5, 0.6) is 0 Å². The van der Waals surface area contributed by atoms with E-state index in [1.165, 1.54) is 13.3 Å². The maximum atomic E-state index is 12.6. The number of ether oxygens (including phenoxy) is 1. The second kappa shape index (κ2) is 7.29. The molecule has 0 aliphatic rings. The molecule has 1 heterocycles. The Hall–Kier alpha value is -2.63. The molecule has 6 nitrogen and oxygen atoms in total. The fourth-order valence-electron chi connectivity index (χ4n) is 2.72. The lowest BCUT2D eigenvalue weighted by Gasteiger charge is -2.27. The molecular weight excluding hydrogens is 306 g/mol. The van der Waals surface area contributed by atoms with E-state index in [0.717, 1.165) is 12.1 Å². The molecule has 1 unspecified atom stereocenters. The Labute approximate surface area is 141 Å². The lowest BCUT2D eigenvalue weighted by Crippen LogP contribution is -2.52. The van der Waals surface area contributed by atoms with Gasteiger partial charge in [0.25, 0.3) is 5.91 Å². The number of amides is 1. The number of nitrogens with zero attached hydrogens (tertiary/aromatic N) is 2. The van der Waals surface area contributed by atoms with Gasteiger partial charge in [-0.2, -0.15) is 5.10 Å². The number of carbonyl (C=O) groups excluding carboxylic acids is 2. The van der Waals surface area contributed by atoms with Crippen LogP contribution in [-0.2, 0) is 9.53 Å². The summed E-state index contributed by atoms with van der Waals surface area (Å²) in [4.78, 5) is 24.7. The van der Waals surface area contributed by atoms with E-state index in [-0.39, 0.29) is 5.91 Å². The van der Waals surface area contributed by atoms with Gasteiger partial charge in [-0.05, 0) is 32.4 Å². The Morgan fingerprint density at radius 3 is 2.54 bits per heavy atom. The molecule has 1 atom stereocenters. The van der Waals surface area contributed by atoms with Crippen LogP contribution in [0.15, 0.2) is 36.5 Å². The van der Waals surface area contributed by atoms with Crippen molar-refractivity contribution in [2.75, 3.05) is 7.11 Å². The highest BCUT2D eigenvalue weighted by Crippen LogP contribution is 2.18. The van der Waals surface area contributed by atoms with E-state index < -0.39 is 11.5 Å². The van der Waals surface area contributed by atoms with Gasteiger partial charge in [0.05, 0.1) is 30.3 Å². The first-order valence-corrected chi connectivity index (χ1v) is 7.94. The molecule has 1 amide bonds. The molecule has 1 aromatic carbocycles. The average molecular weight is 329 g/mol. The molecule has 1 aromatic heterocycles. The summed E-state index contributed by atoms with van der Waals surface area (Å²) in [5.41, 5.74) is 0.966. The average Bonchev–Trinajstić information content (AvgIpc) is 2.96. The first kappa shape index (κ1) is 17.7. The minimum absolute atomic E-state index is 0.337. The molecule has 1 N–H and O–H groups in total. The van der Waals surface area contributed by atoms with Crippen molar-refractivity contribution in [2.45, 2.75) is 39.2 Å². The smallest absolute Gasteiger partial charge is 0.331 e. The number of carbonyl (C=O) groups is 2. The Bertz CT molecular complexity index is 724. The van der Waals surface area contributed by atoms with Crippen molar-refractivity contribution < 1.29 is 14.3 Å². The summed E-state index contributed by atoms with van der Waals surface area (Å²) in [6.07, 6.45) is 2.76.